The number of hydrogen-bond donors (Lipinski definition) is 2. The highest BCUT2D eigenvalue weighted by Gasteiger charge is 2.23. The summed E-state index contributed by atoms with van der Waals surface area (Å²) in [4.78, 5) is 15.0. The van der Waals surface area contributed by atoms with Gasteiger partial charge in [0.25, 0.3) is 0 Å². The van der Waals surface area contributed by atoms with Gasteiger partial charge in [0.1, 0.15) is 23.0 Å². The highest BCUT2D eigenvalue weighted by Crippen LogP contribution is 2.33. The van der Waals surface area contributed by atoms with Crippen LogP contribution >= 0.6 is 0 Å². The molecule has 120 valence electrons. The van der Waals surface area contributed by atoms with Gasteiger partial charge in [0.15, 0.2) is 5.75 Å². The third-order valence-electron chi connectivity index (χ3n) is 3.65. The van der Waals surface area contributed by atoms with Crippen molar-refractivity contribution in [2.24, 2.45) is 7.05 Å². The van der Waals surface area contributed by atoms with Gasteiger partial charge < -0.3 is 14.8 Å². The lowest BCUT2D eigenvalue weighted by atomic mass is 10.1. The van der Waals surface area contributed by atoms with E-state index in [-0.39, 0.29) is 22.5 Å². The highest BCUT2D eigenvalue weighted by atomic mass is 19.1. The zero-order valence-electron chi connectivity index (χ0n) is 12.6. The van der Waals surface area contributed by atoms with Crippen molar-refractivity contribution in [3.05, 3.63) is 39.7 Å². The number of halogens is 2. The van der Waals surface area contributed by atoms with Crippen molar-refractivity contribution < 1.29 is 18.6 Å². The van der Waals surface area contributed by atoms with Crippen LogP contribution in [0.25, 0.3) is 22.3 Å². The van der Waals surface area contributed by atoms with Crippen LogP contribution in [0.15, 0.2) is 16.9 Å². The van der Waals surface area contributed by atoms with Gasteiger partial charge in [-0.15, -0.1) is 0 Å². The van der Waals surface area contributed by atoms with Gasteiger partial charge in [-0.05, 0) is 6.92 Å². The summed E-state index contributed by atoms with van der Waals surface area (Å²) < 4.78 is 34.6. The van der Waals surface area contributed by atoms with Crippen molar-refractivity contribution in [1.29, 1.82) is 0 Å². The van der Waals surface area contributed by atoms with Gasteiger partial charge in [0.2, 0.25) is 5.43 Å². The van der Waals surface area contributed by atoms with Gasteiger partial charge in [-0.2, -0.15) is 5.10 Å². The lowest BCUT2D eigenvalue weighted by molar-refractivity contribution is 0.407. The number of methoxy groups -OCH3 is 1. The van der Waals surface area contributed by atoms with E-state index in [4.69, 9.17) is 4.74 Å². The molecule has 0 spiro atoms. The number of aryl methyl sites for hydroxylation is 2. The third-order valence-corrected chi connectivity index (χ3v) is 3.65. The van der Waals surface area contributed by atoms with Crippen molar-refractivity contribution in [2.45, 2.75) is 6.92 Å². The first-order chi connectivity index (χ1) is 10.8. The highest BCUT2D eigenvalue weighted by molar-refractivity contribution is 5.84. The topological polar surface area (TPSA) is 80.1 Å². The summed E-state index contributed by atoms with van der Waals surface area (Å²) in [5, 5.41) is 14.3. The molecule has 0 fully saturated rings. The summed E-state index contributed by atoms with van der Waals surface area (Å²) >= 11 is 0. The zero-order chi connectivity index (χ0) is 16.9. The second kappa shape index (κ2) is 5.08. The smallest absolute Gasteiger partial charge is 0.235 e. The van der Waals surface area contributed by atoms with Gasteiger partial charge in [0, 0.05) is 19.2 Å². The van der Waals surface area contributed by atoms with Crippen molar-refractivity contribution in [2.75, 3.05) is 7.11 Å². The lowest BCUT2D eigenvalue weighted by Crippen LogP contribution is -2.07. The third kappa shape index (κ3) is 2.14. The van der Waals surface area contributed by atoms with E-state index >= 15 is 0 Å². The van der Waals surface area contributed by atoms with Crippen LogP contribution in [0.2, 0.25) is 0 Å². The molecule has 2 N–H and O–H groups in total. The maximum absolute atomic E-state index is 14.2. The summed E-state index contributed by atoms with van der Waals surface area (Å²) in [7, 11) is 2.85. The molecular formula is C15H13F2N3O3. The number of aromatic nitrogens is 3. The minimum Gasteiger partial charge on any atom is -0.503 e. The first-order valence-electron chi connectivity index (χ1n) is 6.67. The second-order valence-corrected chi connectivity index (χ2v) is 5.08. The number of H-pyrrole nitrogens is 1. The van der Waals surface area contributed by atoms with E-state index in [1.807, 2.05) is 0 Å². The van der Waals surface area contributed by atoms with E-state index < -0.39 is 28.4 Å². The summed E-state index contributed by atoms with van der Waals surface area (Å²) in [5.41, 5.74) is -0.963. The van der Waals surface area contributed by atoms with Crippen LogP contribution in [0.1, 0.15) is 5.69 Å². The number of fused-ring (bicyclic) bond motifs is 1. The minimum absolute atomic E-state index is 0.0111. The van der Waals surface area contributed by atoms with Crippen molar-refractivity contribution in [1.82, 2.24) is 14.8 Å². The first-order valence-corrected chi connectivity index (χ1v) is 6.67. The average Bonchev–Trinajstić information content (AvgIpc) is 2.77. The minimum atomic E-state index is -0.967. The molecule has 8 heteroatoms. The molecule has 0 aliphatic rings. The molecule has 3 rings (SSSR count). The molecule has 0 saturated heterocycles. The van der Waals surface area contributed by atoms with Crippen molar-refractivity contribution in [3.63, 3.8) is 0 Å². The molecule has 0 radical (unpaired) electrons. The molecule has 0 aliphatic heterocycles. The maximum atomic E-state index is 14.2. The Balaban J connectivity index is 2.40. The summed E-state index contributed by atoms with van der Waals surface area (Å²) in [5.74, 6) is -2.71. The summed E-state index contributed by atoms with van der Waals surface area (Å²) in [6, 6.07) is 1.93. The fourth-order valence-electron chi connectivity index (χ4n) is 2.57. The van der Waals surface area contributed by atoms with E-state index in [1.165, 1.54) is 11.8 Å². The number of nitrogens with zero attached hydrogens (tertiary/aromatic N) is 2. The quantitative estimate of drug-likeness (QED) is 0.758. The monoisotopic (exact) mass is 321 g/mol. The van der Waals surface area contributed by atoms with Gasteiger partial charge in [-0.1, -0.05) is 0 Å². The normalized spacial score (nSPS) is 11.2. The van der Waals surface area contributed by atoms with Crippen LogP contribution in [0.5, 0.6) is 11.5 Å². The summed E-state index contributed by atoms with van der Waals surface area (Å²) in [6.07, 6.45) is 0. The molecule has 0 unspecified atom stereocenters. The Morgan fingerprint density at radius 3 is 2.48 bits per heavy atom. The Morgan fingerprint density at radius 1 is 1.30 bits per heavy atom. The Morgan fingerprint density at radius 2 is 1.91 bits per heavy atom. The number of nitrogens with one attached hydrogen (secondary N) is 1. The number of aromatic hydroxyl groups is 1. The predicted octanol–water partition coefficient (Wildman–Crippen LogP) is 2.23. The molecule has 23 heavy (non-hydrogen) atoms. The molecule has 6 nitrogen and oxygen atoms in total. The Bertz CT molecular complexity index is 969. The largest absolute Gasteiger partial charge is 0.503 e. The number of benzene rings is 1. The fraction of sp³-hybridized carbons (Fsp3) is 0.200. The van der Waals surface area contributed by atoms with Gasteiger partial charge in [-0.25, -0.2) is 8.78 Å². The Labute approximate surface area is 128 Å². The predicted molar refractivity (Wildman–Crippen MR) is 79.6 cm³/mol. The van der Waals surface area contributed by atoms with E-state index in [0.717, 1.165) is 12.1 Å². The number of pyridine rings is 1. The molecule has 0 atom stereocenters. The van der Waals surface area contributed by atoms with E-state index in [1.54, 1.807) is 14.0 Å². The molecule has 1 aromatic carbocycles. The number of hydrogen-bond acceptors (Lipinski definition) is 4. The van der Waals surface area contributed by atoms with Crippen molar-refractivity contribution >= 4 is 11.0 Å². The summed E-state index contributed by atoms with van der Waals surface area (Å²) in [6.45, 7) is 1.60. The number of aromatic amines is 1. The zero-order valence-corrected chi connectivity index (χ0v) is 12.6. The van der Waals surface area contributed by atoms with Crippen molar-refractivity contribution in [3.8, 4) is 22.8 Å². The van der Waals surface area contributed by atoms with Gasteiger partial charge in [0.05, 0.1) is 29.4 Å². The number of rotatable bonds is 2. The van der Waals surface area contributed by atoms with Crippen LogP contribution in [-0.4, -0.2) is 27.0 Å². The second-order valence-electron chi connectivity index (χ2n) is 5.08. The van der Waals surface area contributed by atoms with Crippen LogP contribution in [0, 0.1) is 18.6 Å². The molecule has 2 aromatic heterocycles. The van der Waals surface area contributed by atoms with E-state index in [2.05, 4.69) is 10.1 Å². The van der Waals surface area contributed by atoms with Crippen LogP contribution < -0.4 is 10.2 Å². The molecule has 0 bridgehead atoms. The molecular weight excluding hydrogens is 308 g/mol. The van der Waals surface area contributed by atoms with E-state index in [0.29, 0.717) is 5.69 Å². The van der Waals surface area contributed by atoms with E-state index in [9.17, 15) is 18.7 Å². The average molecular weight is 321 g/mol. The molecule has 0 saturated carbocycles. The Hall–Kier alpha value is -2.90. The van der Waals surface area contributed by atoms with Crippen LogP contribution in [0.3, 0.4) is 0 Å². The first kappa shape index (κ1) is 15.0. The molecule has 0 amide bonds. The SMILES string of the molecule is COc1cc(F)c(-c2[nH]c3c(c(C)nn3C)c(=O)c2O)c(F)c1. The standard InChI is InChI=1S/C15H13F2N3O3/c1-6-10-13(21)14(22)12(18-15(10)20(2)19-6)11-8(16)4-7(23-3)5-9(11)17/h4-5,22H,1-3H3,(H,18,21). The maximum Gasteiger partial charge on any atom is 0.235 e. The fourth-order valence-corrected chi connectivity index (χ4v) is 2.57. The molecule has 2 heterocycles. The number of ether oxygens (including phenoxy) is 1. The van der Waals surface area contributed by atoms with Crippen LogP contribution in [-0.2, 0) is 7.05 Å². The molecule has 0 aliphatic carbocycles. The Kier molecular flexibility index (Phi) is 3.32. The van der Waals surface area contributed by atoms with Gasteiger partial charge >= 0.3 is 0 Å². The van der Waals surface area contributed by atoms with Crippen LogP contribution in [0.4, 0.5) is 8.78 Å². The lowest BCUT2D eigenvalue weighted by Gasteiger charge is -2.10. The van der Waals surface area contributed by atoms with Gasteiger partial charge in [-0.3, -0.25) is 9.48 Å². The molecule has 3 aromatic rings.